The Hall–Kier alpha value is -3.21. The first-order valence-electron chi connectivity index (χ1n) is 8.64. The number of amides is 1. The molecule has 27 heavy (non-hydrogen) atoms. The van der Waals surface area contributed by atoms with Crippen molar-refractivity contribution in [3.05, 3.63) is 88.4 Å². The van der Waals surface area contributed by atoms with E-state index in [1.807, 2.05) is 30.3 Å². The zero-order valence-corrected chi connectivity index (χ0v) is 15.2. The first-order chi connectivity index (χ1) is 13.0. The van der Waals surface area contributed by atoms with Crippen molar-refractivity contribution in [2.45, 2.75) is 13.3 Å². The van der Waals surface area contributed by atoms with Gasteiger partial charge in [0.2, 0.25) is 0 Å². The molecule has 1 aliphatic rings. The van der Waals surface area contributed by atoms with Gasteiger partial charge in [-0.2, -0.15) is 0 Å². The molecule has 0 aliphatic carbocycles. The number of hydrogen-bond acceptors (Lipinski definition) is 3. The van der Waals surface area contributed by atoms with Crippen LogP contribution in [0.5, 0.6) is 0 Å². The lowest BCUT2D eigenvalue weighted by Gasteiger charge is -2.17. The Bertz CT molecular complexity index is 932. The normalized spacial score (nSPS) is 15.6. The van der Waals surface area contributed by atoms with Gasteiger partial charge in [0.15, 0.2) is 0 Å². The van der Waals surface area contributed by atoms with Gasteiger partial charge in [-0.15, -0.1) is 0 Å². The molecular weight excluding hydrogens is 345 g/mol. The number of halogens is 1. The highest BCUT2D eigenvalue weighted by molar-refractivity contribution is 6.16. The zero-order valence-electron chi connectivity index (χ0n) is 15.2. The first kappa shape index (κ1) is 18.6. The lowest BCUT2D eigenvalue weighted by atomic mass is 10.0. The van der Waals surface area contributed by atoms with Gasteiger partial charge < -0.3 is 9.64 Å². The Kier molecular flexibility index (Phi) is 5.50. The summed E-state index contributed by atoms with van der Waals surface area (Å²) in [6.07, 6.45) is 2.06. The summed E-state index contributed by atoms with van der Waals surface area (Å²) in [6, 6.07) is 15.9. The topological polar surface area (TPSA) is 46.6 Å². The van der Waals surface area contributed by atoms with Crippen LogP contribution in [0.25, 0.3) is 6.08 Å². The van der Waals surface area contributed by atoms with E-state index in [0.717, 1.165) is 5.56 Å². The number of ether oxygens (including phenoxy) is 1. The van der Waals surface area contributed by atoms with Crippen molar-refractivity contribution < 1.29 is 18.7 Å². The molecule has 1 amide bonds. The molecule has 138 valence electrons. The lowest BCUT2D eigenvalue weighted by molar-refractivity contribution is -0.136. The number of methoxy groups -OCH3 is 1. The predicted molar refractivity (Wildman–Crippen MR) is 101 cm³/mol. The van der Waals surface area contributed by atoms with E-state index >= 15 is 0 Å². The molecule has 0 spiro atoms. The van der Waals surface area contributed by atoms with Crippen LogP contribution in [0.15, 0.2) is 71.4 Å². The smallest absolute Gasteiger partial charge is 0.340 e. The number of rotatable bonds is 5. The van der Waals surface area contributed by atoms with Gasteiger partial charge in [-0.3, -0.25) is 4.79 Å². The molecule has 0 fully saturated rings. The Labute approximate surface area is 157 Å². The second-order valence-electron chi connectivity index (χ2n) is 6.22. The van der Waals surface area contributed by atoms with Crippen molar-refractivity contribution >= 4 is 18.0 Å². The van der Waals surface area contributed by atoms with E-state index in [2.05, 4.69) is 0 Å². The minimum Gasteiger partial charge on any atom is -0.465 e. The highest BCUT2D eigenvalue weighted by Crippen LogP contribution is 2.32. The average molecular weight is 365 g/mol. The molecule has 4 nitrogen and oxygen atoms in total. The Morgan fingerprint density at radius 2 is 1.78 bits per heavy atom. The fourth-order valence-corrected chi connectivity index (χ4v) is 3.13. The second kappa shape index (κ2) is 7.99. The van der Waals surface area contributed by atoms with Crippen LogP contribution in [0.2, 0.25) is 0 Å². The van der Waals surface area contributed by atoms with E-state index in [4.69, 9.17) is 4.74 Å². The minimum atomic E-state index is -0.606. The third-order valence-corrected chi connectivity index (χ3v) is 4.57. The van der Waals surface area contributed by atoms with Gasteiger partial charge in [0.1, 0.15) is 5.82 Å². The summed E-state index contributed by atoms with van der Waals surface area (Å²) >= 11 is 0. The maximum Gasteiger partial charge on any atom is 0.340 e. The minimum absolute atomic E-state index is 0.150. The van der Waals surface area contributed by atoms with Crippen LogP contribution < -0.4 is 0 Å². The molecule has 2 aromatic carbocycles. The largest absolute Gasteiger partial charge is 0.465 e. The molecule has 0 bridgehead atoms. The van der Waals surface area contributed by atoms with Crippen LogP contribution in [0.3, 0.4) is 0 Å². The number of carbonyl (C=O) groups is 2. The van der Waals surface area contributed by atoms with Gasteiger partial charge in [0, 0.05) is 17.8 Å². The van der Waals surface area contributed by atoms with E-state index in [-0.39, 0.29) is 22.6 Å². The zero-order chi connectivity index (χ0) is 19.4. The number of hydrogen-bond donors (Lipinski definition) is 0. The fraction of sp³-hybridized carbons (Fsp3) is 0.182. The highest BCUT2D eigenvalue weighted by atomic mass is 19.1. The maximum absolute atomic E-state index is 14.0. The van der Waals surface area contributed by atoms with Crippen molar-refractivity contribution in [2.75, 3.05) is 13.7 Å². The third-order valence-electron chi connectivity index (χ3n) is 4.57. The Balaban J connectivity index is 1.95. The molecule has 0 radical (unpaired) electrons. The molecule has 0 saturated carbocycles. The summed E-state index contributed by atoms with van der Waals surface area (Å²) in [5, 5.41) is 0. The second-order valence-corrected chi connectivity index (χ2v) is 6.22. The molecule has 2 aromatic rings. The summed E-state index contributed by atoms with van der Waals surface area (Å²) in [5.41, 5.74) is 2.19. The molecule has 1 heterocycles. The average Bonchev–Trinajstić information content (AvgIpc) is 2.92. The standard InChI is InChI=1S/C22H20FNO3/c1-15-20(22(26)27-2)18(14-17-10-6-7-11-19(17)23)21(25)24(15)13-12-16-8-4-3-5-9-16/h3-11,14H,12-13H2,1-2H3/b18-14+. The molecule has 0 saturated heterocycles. The van der Waals surface area contributed by atoms with Gasteiger partial charge in [0.05, 0.1) is 18.3 Å². The van der Waals surface area contributed by atoms with Crippen molar-refractivity contribution in [2.24, 2.45) is 0 Å². The highest BCUT2D eigenvalue weighted by Gasteiger charge is 2.36. The number of nitrogens with zero attached hydrogens (tertiary/aromatic N) is 1. The molecule has 1 aliphatic heterocycles. The van der Waals surface area contributed by atoms with Gasteiger partial charge in [-0.1, -0.05) is 48.5 Å². The van der Waals surface area contributed by atoms with Crippen LogP contribution in [-0.4, -0.2) is 30.4 Å². The van der Waals surface area contributed by atoms with Crippen LogP contribution in [0.4, 0.5) is 4.39 Å². The maximum atomic E-state index is 14.0. The van der Waals surface area contributed by atoms with Crippen LogP contribution >= 0.6 is 0 Å². The number of esters is 1. The third kappa shape index (κ3) is 3.82. The summed E-state index contributed by atoms with van der Waals surface area (Å²) in [7, 11) is 1.26. The first-order valence-corrected chi connectivity index (χ1v) is 8.64. The molecule has 0 N–H and O–H groups in total. The molecule has 3 rings (SSSR count). The monoisotopic (exact) mass is 365 g/mol. The van der Waals surface area contributed by atoms with Crippen molar-refractivity contribution in [3.63, 3.8) is 0 Å². The lowest BCUT2D eigenvalue weighted by Crippen LogP contribution is -2.27. The van der Waals surface area contributed by atoms with E-state index < -0.39 is 11.8 Å². The van der Waals surface area contributed by atoms with Gasteiger partial charge in [-0.25, -0.2) is 9.18 Å². The number of benzene rings is 2. The Morgan fingerprint density at radius 3 is 2.44 bits per heavy atom. The molecule has 0 aromatic heterocycles. The summed E-state index contributed by atoms with van der Waals surface area (Å²) < 4.78 is 18.9. The molecule has 0 atom stereocenters. The van der Waals surface area contributed by atoms with E-state index in [9.17, 15) is 14.0 Å². The van der Waals surface area contributed by atoms with Gasteiger partial charge >= 0.3 is 5.97 Å². The predicted octanol–water partition coefficient (Wildman–Crippen LogP) is 3.74. The quantitative estimate of drug-likeness (QED) is 0.599. The summed E-state index contributed by atoms with van der Waals surface area (Å²) in [4.78, 5) is 26.8. The molecular formula is C22H20FNO3. The van der Waals surface area contributed by atoms with Gasteiger partial charge in [0.25, 0.3) is 5.91 Å². The van der Waals surface area contributed by atoms with E-state index in [1.54, 1.807) is 30.0 Å². The van der Waals surface area contributed by atoms with E-state index in [1.165, 1.54) is 19.3 Å². The Morgan fingerprint density at radius 1 is 1.11 bits per heavy atom. The van der Waals surface area contributed by atoms with Crippen molar-refractivity contribution in [3.8, 4) is 0 Å². The van der Waals surface area contributed by atoms with E-state index in [0.29, 0.717) is 18.7 Å². The fourth-order valence-electron chi connectivity index (χ4n) is 3.13. The van der Waals surface area contributed by atoms with Gasteiger partial charge in [-0.05, 0) is 31.1 Å². The van der Waals surface area contributed by atoms with Crippen LogP contribution in [-0.2, 0) is 20.7 Å². The molecule has 0 unspecified atom stereocenters. The summed E-state index contributed by atoms with van der Waals surface area (Å²) in [6.45, 7) is 2.13. The van der Waals surface area contributed by atoms with Crippen LogP contribution in [0, 0.1) is 5.82 Å². The SMILES string of the molecule is COC(=O)C1=C(C)N(CCc2ccccc2)C(=O)/C1=C/c1ccccc1F. The number of carbonyl (C=O) groups excluding carboxylic acids is 2. The van der Waals surface area contributed by atoms with Crippen molar-refractivity contribution in [1.82, 2.24) is 4.90 Å². The number of allylic oxidation sites excluding steroid dienone is 1. The molecule has 5 heteroatoms. The van der Waals surface area contributed by atoms with Crippen LogP contribution in [0.1, 0.15) is 18.1 Å². The summed E-state index contributed by atoms with van der Waals surface area (Å²) in [5.74, 6) is -1.39. The van der Waals surface area contributed by atoms with Crippen molar-refractivity contribution in [1.29, 1.82) is 0 Å².